The summed E-state index contributed by atoms with van der Waals surface area (Å²) in [5, 5.41) is 0. The van der Waals surface area contributed by atoms with Crippen LogP contribution in [0.25, 0.3) is 0 Å². The molecule has 0 spiro atoms. The lowest BCUT2D eigenvalue weighted by Gasteiger charge is -2.36. The molecule has 0 aromatic heterocycles. The summed E-state index contributed by atoms with van der Waals surface area (Å²) in [4.78, 5) is 43.3. The lowest BCUT2D eigenvalue weighted by Crippen LogP contribution is -2.49. The summed E-state index contributed by atoms with van der Waals surface area (Å²) in [5.41, 5.74) is 0.766. The number of rotatable bonds is 7. The highest BCUT2D eigenvalue weighted by Gasteiger charge is 2.47. The van der Waals surface area contributed by atoms with Crippen LogP contribution in [0.3, 0.4) is 0 Å². The van der Waals surface area contributed by atoms with Crippen LogP contribution < -0.4 is 9.64 Å². The van der Waals surface area contributed by atoms with E-state index in [4.69, 9.17) is 4.74 Å². The Morgan fingerprint density at radius 3 is 2.24 bits per heavy atom. The van der Waals surface area contributed by atoms with Gasteiger partial charge in [-0.2, -0.15) is 0 Å². The number of carbonyl (C=O) groups excluding carboxylic acids is 3. The molecule has 2 atom stereocenters. The van der Waals surface area contributed by atoms with Gasteiger partial charge in [0.25, 0.3) is 0 Å². The van der Waals surface area contributed by atoms with Crippen LogP contribution in [0.5, 0.6) is 5.75 Å². The van der Waals surface area contributed by atoms with Crippen molar-refractivity contribution in [2.24, 2.45) is 11.8 Å². The van der Waals surface area contributed by atoms with E-state index in [1.807, 2.05) is 17.1 Å². The van der Waals surface area contributed by atoms with Crippen LogP contribution in [0.4, 0.5) is 10.1 Å². The largest absolute Gasteiger partial charge is 0.488 e. The van der Waals surface area contributed by atoms with Crippen LogP contribution in [0.1, 0.15) is 38.5 Å². The van der Waals surface area contributed by atoms with Crippen molar-refractivity contribution in [3.05, 3.63) is 36.2 Å². The third-order valence-electron chi connectivity index (χ3n) is 7.56. The fourth-order valence-electron chi connectivity index (χ4n) is 5.67. The first-order chi connectivity index (χ1) is 16.5. The van der Waals surface area contributed by atoms with E-state index in [0.29, 0.717) is 39.0 Å². The van der Waals surface area contributed by atoms with Gasteiger partial charge in [-0.1, -0.05) is 12.2 Å². The Morgan fingerprint density at radius 1 is 0.941 bits per heavy atom. The van der Waals surface area contributed by atoms with Crippen LogP contribution in [-0.2, 0) is 14.4 Å². The zero-order chi connectivity index (χ0) is 23.7. The van der Waals surface area contributed by atoms with Crippen LogP contribution in [0.2, 0.25) is 0 Å². The molecule has 2 aliphatic carbocycles. The molecule has 2 amide bonds. The molecule has 0 radical (unpaired) electrons. The second-order valence-electron chi connectivity index (χ2n) is 9.86. The number of anilines is 1. The van der Waals surface area contributed by atoms with Crippen molar-refractivity contribution in [2.75, 3.05) is 44.2 Å². The Bertz CT molecular complexity index is 956. The van der Waals surface area contributed by atoms with Gasteiger partial charge in [-0.05, 0) is 50.7 Å². The van der Waals surface area contributed by atoms with Crippen molar-refractivity contribution in [2.45, 2.75) is 44.6 Å². The van der Waals surface area contributed by atoms with E-state index in [2.05, 4.69) is 4.90 Å². The van der Waals surface area contributed by atoms with E-state index < -0.39 is 0 Å². The Hall–Kier alpha value is -2.74. The molecule has 2 saturated heterocycles. The SMILES string of the molecule is O=C(CN1CCN(c2cc(F)ccc2OC2CCCC2)CC1)CN1C(=O)C2CC=CCC2C1=O. The van der Waals surface area contributed by atoms with E-state index in [9.17, 15) is 18.8 Å². The number of halogens is 1. The number of ketones is 1. The molecule has 3 fully saturated rings. The first-order valence-corrected chi connectivity index (χ1v) is 12.4. The average molecular weight is 470 g/mol. The number of likely N-dealkylation sites (tertiary alicyclic amines) is 1. The molecule has 4 aliphatic rings. The quantitative estimate of drug-likeness (QED) is 0.452. The number of piperazine rings is 1. The van der Waals surface area contributed by atoms with Gasteiger partial charge in [-0.25, -0.2) is 4.39 Å². The molecular weight excluding hydrogens is 437 g/mol. The number of hydrogen-bond acceptors (Lipinski definition) is 6. The minimum absolute atomic E-state index is 0.127. The zero-order valence-electron chi connectivity index (χ0n) is 19.5. The topological polar surface area (TPSA) is 70.2 Å². The Morgan fingerprint density at radius 2 is 1.59 bits per heavy atom. The van der Waals surface area contributed by atoms with Crippen LogP contribution in [-0.4, -0.2) is 72.8 Å². The fourth-order valence-corrected chi connectivity index (χ4v) is 5.67. The maximum Gasteiger partial charge on any atom is 0.233 e. The second kappa shape index (κ2) is 9.86. The molecular formula is C26H32FN3O4. The smallest absolute Gasteiger partial charge is 0.233 e. The van der Waals surface area contributed by atoms with Gasteiger partial charge in [0.15, 0.2) is 5.78 Å². The van der Waals surface area contributed by atoms with Crippen molar-refractivity contribution in [1.82, 2.24) is 9.80 Å². The van der Waals surface area contributed by atoms with Crippen molar-refractivity contribution in [1.29, 1.82) is 0 Å². The monoisotopic (exact) mass is 469 g/mol. The van der Waals surface area contributed by atoms with Crippen molar-refractivity contribution >= 4 is 23.3 Å². The minimum atomic E-state index is -0.305. The zero-order valence-corrected chi connectivity index (χ0v) is 19.5. The highest BCUT2D eigenvalue weighted by atomic mass is 19.1. The summed E-state index contributed by atoms with van der Waals surface area (Å²) in [7, 11) is 0. The van der Waals surface area contributed by atoms with Gasteiger partial charge in [0.05, 0.1) is 36.7 Å². The van der Waals surface area contributed by atoms with E-state index in [1.54, 1.807) is 6.07 Å². The summed E-state index contributed by atoms with van der Waals surface area (Å²) in [6.07, 6.45) is 9.64. The van der Waals surface area contributed by atoms with E-state index in [0.717, 1.165) is 24.3 Å². The molecule has 1 saturated carbocycles. The maximum atomic E-state index is 14.0. The number of imide groups is 1. The standard InChI is InChI=1S/C26H32FN3O4/c27-18-9-10-24(34-20-5-1-2-6-20)23(15-18)29-13-11-28(12-14-29)16-19(31)17-30-25(32)21-7-3-4-8-22(21)26(30)33/h3-4,9-10,15,20-22H,1-2,5-8,11-14,16-17H2. The van der Waals surface area contributed by atoms with Gasteiger partial charge in [0.2, 0.25) is 11.8 Å². The van der Waals surface area contributed by atoms with Gasteiger partial charge >= 0.3 is 0 Å². The molecule has 1 aromatic rings. The summed E-state index contributed by atoms with van der Waals surface area (Å²) in [6, 6.07) is 4.69. The Kier molecular flexibility index (Phi) is 6.68. The third kappa shape index (κ3) is 4.73. The van der Waals surface area contributed by atoms with E-state index in [1.165, 1.54) is 29.9 Å². The molecule has 2 aliphatic heterocycles. The summed E-state index contributed by atoms with van der Waals surface area (Å²) < 4.78 is 20.2. The normalized spacial score (nSPS) is 25.8. The fraction of sp³-hybridized carbons (Fsp3) is 0.577. The van der Waals surface area contributed by atoms with Crippen molar-refractivity contribution < 1.29 is 23.5 Å². The number of hydrogen-bond donors (Lipinski definition) is 0. The van der Waals surface area contributed by atoms with Crippen LogP contribution in [0, 0.1) is 17.7 Å². The number of nitrogens with zero attached hydrogens (tertiary/aromatic N) is 3. The van der Waals surface area contributed by atoms with Crippen LogP contribution in [0.15, 0.2) is 30.4 Å². The first-order valence-electron chi connectivity index (χ1n) is 12.4. The minimum Gasteiger partial charge on any atom is -0.488 e. The van der Waals surface area contributed by atoms with E-state index in [-0.39, 0.29) is 54.4 Å². The second-order valence-corrected chi connectivity index (χ2v) is 9.86. The van der Waals surface area contributed by atoms with Crippen molar-refractivity contribution in [3.63, 3.8) is 0 Å². The number of benzene rings is 1. The highest BCUT2D eigenvalue weighted by Crippen LogP contribution is 2.35. The molecule has 7 nitrogen and oxygen atoms in total. The lowest BCUT2D eigenvalue weighted by atomic mass is 9.85. The number of carbonyl (C=O) groups is 3. The van der Waals surface area contributed by atoms with Gasteiger partial charge in [-0.15, -0.1) is 0 Å². The number of allylic oxidation sites excluding steroid dienone is 2. The number of fused-ring (bicyclic) bond motifs is 1. The summed E-state index contributed by atoms with van der Waals surface area (Å²) >= 11 is 0. The summed E-state index contributed by atoms with van der Waals surface area (Å²) in [6.45, 7) is 2.63. The number of Topliss-reactive ketones (excluding diaryl/α,β-unsaturated/α-hetero) is 1. The molecule has 8 heteroatoms. The Labute approximate surface area is 199 Å². The van der Waals surface area contributed by atoms with Crippen molar-refractivity contribution in [3.8, 4) is 5.75 Å². The van der Waals surface area contributed by atoms with Gasteiger partial charge < -0.3 is 9.64 Å². The highest BCUT2D eigenvalue weighted by molar-refractivity contribution is 6.07. The summed E-state index contributed by atoms with van der Waals surface area (Å²) in [5.74, 6) is -0.724. The maximum absolute atomic E-state index is 14.0. The third-order valence-corrected chi connectivity index (χ3v) is 7.56. The Balaban J connectivity index is 1.15. The lowest BCUT2D eigenvalue weighted by molar-refractivity contribution is -0.143. The molecule has 0 bridgehead atoms. The molecule has 1 aromatic carbocycles. The number of ether oxygens (including phenoxy) is 1. The molecule has 182 valence electrons. The molecule has 0 N–H and O–H groups in total. The molecule has 5 rings (SSSR count). The molecule has 2 unspecified atom stereocenters. The first kappa shape index (κ1) is 23.0. The van der Waals surface area contributed by atoms with E-state index >= 15 is 0 Å². The predicted octanol–water partition coefficient (Wildman–Crippen LogP) is 2.79. The van der Waals surface area contributed by atoms with Gasteiger partial charge in [-0.3, -0.25) is 24.2 Å². The van der Waals surface area contributed by atoms with Gasteiger partial charge in [0, 0.05) is 32.2 Å². The molecule has 34 heavy (non-hydrogen) atoms. The predicted molar refractivity (Wildman–Crippen MR) is 125 cm³/mol. The van der Waals surface area contributed by atoms with Gasteiger partial charge in [0.1, 0.15) is 11.6 Å². The van der Waals surface area contributed by atoms with Crippen LogP contribution >= 0.6 is 0 Å². The molecule has 2 heterocycles. The number of amides is 2. The average Bonchev–Trinajstić information content (AvgIpc) is 3.44.